The van der Waals surface area contributed by atoms with Crippen LogP contribution in [0.4, 0.5) is 5.69 Å². The van der Waals surface area contributed by atoms with E-state index in [9.17, 15) is 5.11 Å². The lowest BCUT2D eigenvalue weighted by Gasteiger charge is -2.41. The van der Waals surface area contributed by atoms with Crippen molar-refractivity contribution in [3.8, 4) is 11.5 Å². The Bertz CT molecular complexity index is 1720. The summed E-state index contributed by atoms with van der Waals surface area (Å²) in [7, 11) is -1.14. The predicted molar refractivity (Wildman–Crippen MR) is 204 cm³/mol. The van der Waals surface area contributed by atoms with E-state index in [2.05, 4.69) is 69.6 Å². The third-order valence-electron chi connectivity index (χ3n) is 9.55. The Morgan fingerprint density at radius 2 is 1.82 bits per heavy atom. The van der Waals surface area contributed by atoms with Crippen LogP contribution in [0.15, 0.2) is 65.4 Å². The summed E-state index contributed by atoms with van der Waals surface area (Å²) in [5.41, 5.74) is 4.96. The van der Waals surface area contributed by atoms with Crippen molar-refractivity contribution < 1.29 is 19.3 Å². The predicted octanol–water partition coefficient (Wildman–Crippen LogP) is 9.30. The summed E-state index contributed by atoms with van der Waals surface area (Å²) in [5, 5.41) is 12.2. The van der Waals surface area contributed by atoms with Crippen molar-refractivity contribution in [2.75, 3.05) is 37.7 Å². The van der Waals surface area contributed by atoms with Gasteiger partial charge in [0, 0.05) is 74.7 Å². The zero-order valence-electron chi connectivity index (χ0n) is 30.0. The Kier molecular flexibility index (Phi) is 11.2. The second-order valence-corrected chi connectivity index (χ2v) is 22.2. The highest BCUT2D eigenvalue weighted by Gasteiger charge is 2.29. The van der Waals surface area contributed by atoms with Crippen molar-refractivity contribution in [3.63, 3.8) is 0 Å². The molecule has 0 amide bonds. The normalized spacial score (nSPS) is 18.4. The molecule has 1 fully saturated rings. The number of nitrogens with zero attached hydrogens (tertiary/aromatic N) is 4. The van der Waals surface area contributed by atoms with E-state index in [0.717, 1.165) is 62.0 Å². The summed E-state index contributed by atoms with van der Waals surface area (Å²) >= 11 is 3.83. The third-order valence-corrected chi connectivity index (χ3v) is 12.0. The molecule has 2 aromatic heterocycles. The van der Waals surface area contributed by atoms with Crippen molar-refractivity contribution >= 4 is 40.7 Å². The van der Waals surface area contributed by atoms with Crippen molar-refractivity contribution in [3.05, 3.63) is 82.1 Å². The third kappa shape index (κ3) is 9.14. The minimum atomic E-state index is -1.14. The highest BCUT2D eigenvalue weighted by molar-refractivity contribution is 9.10. The monoisotopic (exact) mass is 748 g/mol. The smallest absolute Gasteiger partial charge is 0.185 e. The molecule has 0 saturated carbocycles. The van der Waals surface area contributed by atoms with Crippen LogP contribution in [0.1, 0.15) is 69.1 Å². The van der Waals surface area contributed by atoms with Gasteiger partial charge in [-0.05, 0) is 87.5 Å². The van der Waals surface area contributed by atoms with E-state index < -0.39 is 20.0 Å². The molecule has 3 heterocycles. The van der Waals surface area contributed by atoms with E-state index in [1.165, 1.54) is 34.9 Å². The van der Waals surface area contributed by atoms with Crippen molar-refractivity contribution in [1.29, 1.82) is 0 Å². The van der Waals surface area contributed by atoms with E-state index in [1.807, 2.05) is 55.8 Å². The molecule has 2 aliphatic rings. The largest absolute Gasteiger partial charge is 0.455 e. The first-order valence-electron chi connectivity index (χ1n) is 17.8. The summed E-state index contributed by atoms with van der Waals surface area (Å²) in [6, 6.07) is 18.4. The van der Waals surface area contributed by atoms with Gasteiger partial charge in [-0.2, -0.15) is 0 Å². The quantitative estimate of drug-likeness (QED) is 0.0710. The Morgan fingerprint density at radius 3 is 2.57 bits per heavy atom. The Morgan fingerprint density at radius 1 is 1.02 bits per heavy atom. The van der Waals surface area contributed by atoms with Crippen LogP contribution in [0.25, 0.3) is 11.0 Å². The number of piperazine rings is 1. The Hall–Kier alpha value is -2.73. The van der Waals surface area contributed by atoms with Crippen LogP contribution >= 0.6 is 15.9 Å². The average molecular weight is 750 g/mol. The SMILES string of the molecule is CC(C)(C)OC(O)c1ccc(N2CCN([C@@H]3CCCCc4c(Br)cccc43)CC2)cc1Oc1cnc2c(ccn2COCC[Si](C)(C)C)c1. The zero-order valence-corrected chi connectivity index (χ0v) is 32.6. The van der Waals surface area contributed by atoms with E-state index in [1.54, 1.807) is 6.20 Å². The molecule has 1 saturated heterocycles. The number of rotatable bonds is 11. The Labute approximate surface area is 301 Å². The lowest BCUT2D eigenvalue weighted by atomic mass is 9.97. The van der Waals surface area contributed by atoms with E-state index in [4.69, 9.17) is 19.2 Å². The first-order chi connectivity index (χ1) is 23.3. The van der Waals surface area contributed by atoms with Gasteiger partial charge in [-0.1, -0.05) is 54.1 Å². The minimum absolute atomic E-state index is 0.456. The minimum Gasteiger partial charge on any atom is -0.455 e. The lowest BCUT2D eigenvalue weighted by Crippen LogP contribution is -2.47. The van der Waals surface area contributed by atoms with Crippen LogP contribution in [0.2, 0.25) is 25.7 Å². The van der Waals surface area contributed by atoms with Crippen molar-refractivity contribution in [2.45, 2.75) is 96.8 Å². The molecule has 6 rings (SSSR count). The average Bonchev–Trinajstić information content (AvgIpc) is 3.31. The van der Waals surface area contributed by atoms with Crippen LogP contribution in [-0.4, -0.2) is 66.0 Å². The first-order valence-corrected chi connectivity index (χ1v) is 22.3. The molecule has 1 aliphatic carbocycles. The Balaban J connectivity index is 1.19. The maximum absolute atomic E-state index is 11.2. The lowest BCUT2D eigenvalue weighted by molar-refractivity contribution is -0.170. The van der Waals surface area contributed by atoms with Gasteiger partial charge in [0.15, 0.2) is 6.29 Å². The van der Waals surface area contributed by atoms with Gasteiger partial charge >= 0.3 is 0 Å². The highest BCUT2D eigenvalue weighted by atomic mass is 79.9. The summed E-state index contributed by atoms with van der Waals surface area (Å²) in [5.74, 6) is 1.17. The molecule has 2 aromatic carbocycles. The van der Waals surface area contributed by atoms with Gasteiger partial charge in [-0.15, -0.1) is 0 Å². The van der Waals surface area contributed by atoms with E-state index in [0.29, 0.717) is 29.8 Å². The molecular formula is C39H53BrN4O4Si. The summed E-state index contributed by atoms with van der Waals surface area (Å²) in [6.45, 7) is 17.9. The number of aliphatic hydroxyl groups excluding tert-OH is 1. The molecule has 49 heavy (non-hydrogen) atoms. The zero-order chi connectivity index (χ0) is 34.8. The topological polar surface area (TPSA) is 72.2 Å². The standard InChI is InChI=1S/C39H53BrN4O4Si/c1-39(2,3)48-38(45)33-15-14-29(42-18-20-43(21-19-42)35-13-8-7-10-31-32(35)11-9-12-34(31)40)25-36(33)47-30-24-28-16-17-44(37(28)41-26-30)27-46-22-23-49(4,5)6/h9,11-12,14-17,24-26,35,38,45H,7-8,10,13,18-23,27H2,1-6H3/t35-,38?/m1/s1. The van der Waals surface area contributed by atoms with Crippen LogP contribution < -0.4 is 9.64 Å². The number of hydrogen-bond donors (Lipinski definition) is 1. The van der Waals surface area contributed by atoms with E-state index in [-0.39, 0.29) is 0 Å². The number of aliphatic hydroxyl groups is 1. The fourth-order valence-electron chi connectivity index (χ4n) is 6.91. The van der Waals surface area contributed by atoms with Gasteiger partial charge in [-0.25, -0.2) is 4.98 Å². The number of aromatic nitrogens is 2. The second kappa shape index (κ2) is 15.2. The highest BCUT2D eigenvalue weighted by Crippen LogP contribution is 2.39. The van der Waals surface area contributed by atoms with Crippen LogP contribution in [0.5, 0.6) is 11.5 Å². The number of benzene rings is 2. The molecule has 4 aromatic rings. The summed E-state index contributed by atoms with van der Waals surface area (Å²) in [6.07, 6.45) is 7.47. The molecule has 1 N–H and O–H groups in total. The van der Waals surface area contributed by atoms with Crippen molar-refractivity contribution in [2.24, 2.45) is 0 Å². The second-order valence-electron chi connectivity index (χ2n) is 15.7. The number of anilines is 1. The van der Waals surface area contributed by atoms with Gasteiger partial charge in [0.1, 0.15) is 23.9 Å². The summed E-state index contributed by atoms with van der Waals surface area (Å²) in [4.78, 5) is 9.84. The van der Waals surface area contributed by atoms with Crippen LogP contribution in [0, 0.1) is 0 Å². The summed E-state index contributed by atoms with van der Waals surface area (Å²) < 4.78 is 21.8. The molecule has 0 spiro atoms. The molecule has 10 heteroatoms. The first kappa shape index (κ1) is 36.1. The fraction of sp³-hybridized carbons (Fsp3) is 0.513. The molecular weight excluding hydrogens is 696 g/mol. The fourth-order valence-corrected chi connectivity index (χ4v) is 8.25. The molecule has 1 unspecified atom stereocenters. The molecule has 264 valence electrons. The molecule has 8 nitrogen and oxygen atoms in total. The molecule has 0 radical (unpaired) electrons. The van der Waals surface area contributed by atoms with Crippen LogP contribution in [-0.2, 0) is 22.6 Å². The maximum atomic E-state index is 11.2. The number of ether oxygens (including phenoxy) is 3. The number of fused-ring (bicyclic) bond motifs is 2. The number of hydrogen-bond acceptors (Lipinski definition) is 7. The van der Waals surface area contributed by atoms with Gasteiger partial charge in [0.25, 0.3) is 0 Å². The van der Waals surface area contributed by atoms with E-state index >= 15 is 0 Å². The van der Waals surface area contributed by atoms with Gasteiger partial charge in [0.05, 0.1) is 17.4 Å². The van der Waals surface area contributed by atoms with Gasteiger partial charge in [0.2, 0.25) is 0 Å². The van der Waals surface area contributed by atoms with Gasteiger partial charge < -0.3 is 28.8 Å². The van der Waals surface area contributed by atoms with Crippen LogP contribution in [0.3, 0.4) is 0 Å². The molecule has 2 atom stereocenters. The number of pyridine rings is 1. The number of halogens is 1. The van der Waals surface area contributed by atoms with Crippen molar-refractivity contribution in [1.82, 2.24) is 14.5 Å². The maximum Gasteiger partial charge on any atom is 0.185 e. The molecule has 0 bridgehead atoms. The molecule has 1 aliphatic heterocycles. The van der Waals surface area contributed by atoms with Gasteiger partial charge in [-0.3, -0.25) is 4.90 Å².